The third-order valence-corrected chi connectivity index (χ3v) is 7.02. The van der Waals surface area contributed by atoms with Crippen LogP contribution < -0.4 is 20.7 Å². The molecule has 42 heavy (non-hydrogen) atoms. The SMILES string of the molecule is CCC.COc1ccc(C(NC(=O)[C@H](C)NC(=O)C2(c3ccc(Cl)cc3)CCCC2)C(=O)NCC(=O)C(F)(F)F)cc1. The molecule has 0 heterocycles. The molecular weight excluding hydrogens is 575 g/mol. The number of carbonyl (C=O) groups excluding carboxylic acids is 4. The summed E-state index contributed by atoms with van der Waals surface area (Å²) >= 11 is 6.01. The molecule has 3 N–H and O–H groups in total. The molecule has 8 nitrogen and oxygen atoms in total. The number of nitrogens with one attached hydrogen (secondary N) is 3. The van der Waals surface area contributed by atoms with Gasteiger partial charge in [-0.2, -0.15) is 13.2 Å². The van der Waals surface area contributed by atoms with Crippen LogP contribution in [0.2, 0.25) is 5.02 Å². The summed E-state index contributed by atoms with van der Waals surface area (Å²) in [7, 11) is 1.43. The van der Waals surface area contributed by atoms with Crippen molar-refractivity contribution in [2.24, 2.45) is 0 Å². The van der Waals surface area contributed by atoms with E-state index in [1.54, 1.807) is 24.3 Å². The van der Waals surface area contributed by atoms with Crippen LogP contribution in [0.1, 0.15) is 70.0 Å². The first-order valence-corrected chi connectivity index (χ1v) is 14.1. The molecule has 12 heteroatoms. The number of alkyl halides is 3. The highest BCUT2D eigenvalue weighted by atomic mass is 35.5. The molecule has 0 radical (unpaired) electrons. The molecule has 0 saturated heterocycles. The van der Waals surface area contributed by atoms with Crippen LogP contribution in [-0.2, 0) is 24.6 Å². The van der Waals surface area contributed by atoms with Crippen LogP contribution in [-0.4, -0.2) is 49.4 Å². The van der Waals surface area contributed by atoms with E-state index in [-0.39, 0.29) is 11.5 Å². The predicted octanol–water partition coefficient (Wildman–Crippen LogP) is 5.19. The van der Waals surface area contributed by atoms with E-state index in [0.717, 1.165) is 18.4 Å². The van der Waals surface area contributed by atoms with Crippen LogP contribution in [0, 0.1) is 0 Å². The van der Waals surface area contributed by atoms with Gasteiger partial charge in [0.15, 0.2) is 0 Å². The first kappa shape index (κ1) is 34.6. The van der Waals surface area contributed by atoms with Crippen molar-refractivity contribution in [1.82, 2.24) is 16.0 Å². The van der Waals surface area contributed by atoms with Gasteiger partial charge in [0.1, 0.15) is 17.8 Å². The molecule has 2 atom stereocenters. The molecule has 0 aromatic heterocycles. The second-order valence-corrected chi connectivity index (χ2v) is 10.5. The van der Waals surface area contributed by atoms with Crippen LogP contribution in [0.25, 0.3) is 0 Å². The zero-order chi connectivity index (χ0) is 31.5. The fourth-order valence-electron chi connectivity index (χ4n) is 4.53. The molecule has 3 rings (SSSR count). The first-order chi connectivity index (χ1) is 19.8. The van der Waals surface area contributed by atoms with Crippen LogP contribution >= 0.6 is 11.6 Å². The van der Waals surface area contributed by atoms with Crippen molar-refractivity contribution in [1.29, 1.82) is 0 Å². The molecule has 2 aromatic carbocycles. The number of methoxy groups -OCH3 is 1. The van der Waals surface area contributed by atoms with Gasteiger partial charge in [-0.3, -0.25) is 19.2 Å². The Kier molecular flexibility index (Phi) is 12.8. The molecule has 0 spiro atoms. The smallest absolute Gasteiger partial charge is 0.451 e. The maximum Gasteiger partial charge on any atom is 0.451 e. The Morgan fingerprint density at radius 3 is 1.98 bits per heavy atom. The summed E-state index contributed by atoms with van der Waals surface area (Å²) in [6.07, 6.45) is -1.05. The van der Waals surface area contributed by atoms with Gasteiger partial charge in [0.05, 0.1) is 19.1 Å². The highest BCUT2D eigenvalue weighted by molar-refractivity contribution is 6.30. The second-order valence-electron chi connectivity index (χ2n) is 10.1. The highest BCUT2D eigenvalue weighted by Crippen LogP contribution is 2.41. The highest BCUT2D eigenvalue weighted by Gasteiger charge is 2.43. The number of amides is 3. The quantitative estimate of drug-likeness (QED) is 0.342. The molecule has 1 aliphatic rings. The predicted molar refractivity (Wildman–Crippen MR) is 153 cm³/mol. The van der Waals surface area contributed by atoms with Crippen molar-refractivity contribution >= 4 is 35.1 Å². The van der Waals surface area contributed by atoms with E-state index in [4.69, 9.17) is 16.3 Å². The van der Waals surface area contributed by atoms with Crippen molar-refractivity contribution in [3.63, 3.8) is 0 Å². The molecule has 230 valence electrons. The monoisotopic (exact) mass is 611 g/mol. The fraction of sp³-hybridized carbons (Fsp3) is 0.467. The number of carbonyl (C=O) groups is 4. The summed E-state index contributed by atoms with van der Waals surface area (Å²) in [6, 6.07) is 10.3. The molecule has 2 aromatic rings. The van der Waals surface area contributed by atoms with Crippen molar-refractivity contribution in [2.75, 3.05) is 13.7 Å². The molecule has 1 fully saturated rings. The molecule has 1 saturated carbocycles. The average Bonchev–Trinajstić information content (AvgIpc) is 3.46. The fourth-order valence-corrected chi connectivity index (χ4v) is 4.65. The van der Waals surface area contributed by atoms with E-state index < -0.39 is 47.8 Å². The van der Waals surface area contributed by atoms with Crippen LogP contribution in [0.5, 0.6) is 5.75 Å². The summed E-state index contributed by atoms with van der Waals surface area (Å²) in [4.78, 5) is 50.6. The third-order valence-electron chi connectivity index (χ3n) is 6.77. The summed E-state index contributed by atoms with van der Waals surface area (Å²) in [6.45, 7) is 4.40. The standard InChI is InChI=1S/C27H29ClF3N3O5.C3H8/c1-16(33-25(38)26(13-3-4-14-26)18-7-9-19(28)10-8-18)23(36)34-22(17-5-11-20(39-2)12-6-17)24(37)32-15-21(35)27(29,30)31;1-3-2/h5-12,16,22H,3-4,13-15H2,1-2H3,(H,32,37)(H,33,38)(H,34,36);3H2,1-2H3/t16-,22?;/m0./s1. The summed E-state index contributed by atoms with van der Waals surface area (Å²) in [5, 5.41) is 7.65. The topological polar surface area (TPSA) is 114 Å². The van der Waals surface area contributed by atoms with Crippen molar-refractivity contribution < 1.29 is 37.1 Å². The zero-order valence-corrected chi connectivity index (χ0v) is 24.8. The third kappa shape index (κ3) is 9.20. The number of hydrogen-bond donors (Lipinski definition) is 3. The minimum Gasteiger partial charge on any atom is -0.497 e. The molecule has 1 unspecified atom stereocenters. The van der Waals surface area contributed by atoms with Gasteiger partial charge in [0, 0.05) is 5.02 Å². The number of halogens is 4. The van der Waals surface area contributed by atoms with E-state index in [1.165, 1.54) is 44.7 Å². The van der Waals surface area contributed by atoms with E-state index in [1.807, 2.05) is 5.32 Å². The van der Waals surface area contributed by atoms with Crippen LogP contribution in [0.15, 0.2) is 48.5 Å². The Morgan fingerprint density at radius 2 is 1.48 bits per heavy atom. The molecule has 0 bridgehead atoms. The first-order valence-electron chi connectivity index (χ1n) is 13.7. The number of ketones is 1. The maximum atomic E-state index is 13.4. The number of hydrogen-bond acceptors (Lipinski definition) is 5. The van der Waals surface area contributed by atoms with Crippen LogP contribution in [0.4, 0.5) is 13.2 Å². The average molecular weight is 612 g/mol. The maximum absolute atomic E-state index is 13.4. The second kappa shape index (κ2) is 15.6. The number of Topliss-reactive ketones (excluding diaryl/α,β-unsaturated/α-hetero) is 1. The Balaban J connectivity index is 0.00000197. The van der Waals surface area contributed by atoms with Gasteiger partial charge >= 0.3 is 6.18 Å². The minimum absolute atomic E-state index is 0.230. The molecule has 1 aliphatic carbocycles. The zero-order valence-electron chi connectivity index (χ0n) is 24.1. The van der Waals surface area contributed by atoms with E-state index in [0.29, 0.717) is 23.6 Å². The molecule has 3 amide bonds. The Bertz CT molecular complexity index is 1210. The summed E-state index contributed by atoms with van der Waals surface area (Å²) < 4.78 is 42.9. The summed E-state index contributed by atoms with van der Waals surface area (Å²) in [5.74, 6) is -3.82. The number of benzene rings is 2. The lowest BCUT2D eigenvalue weighted by atomic mass is 9.78. The van der Waals surface area contributed by atoms with Gasteiger partial charge in [0.25, 0.3) is 5.78 Å². The normalized spacial score (nSPS) is 15.3. The Hall–Kier alpha value is -3.60. The lowest BCUT2D eigenvalue weighted by Crippen LogP contribution is -2.53. The van der Waals surface area contributed by atoms with Crippen molar-refractivity contribution in [3.05, 3.63) is 64.7 Å². The van der Waals surface area contributed by atoms with E-state index in [2.05, 4.69) is 24.5 Å². The van der Waals surface area contributed by atoms with Crippen molar-refractivity contribution in [3.8, 4) is 5.75 Å². The van der Waals surface area contributed by atoms with Gasteiger partial charge in [-0.05, 0) is 55.2 Å². The molecular formula is C30H37ClF3N3O5. The number of ether oxygens (including phenoxy) is 1. The summed E-state index contributed by atoms with van der Waals surface area (Å²) in [5.41, 5.74) is 0.163. The van der Waals surface area contributed by atoms with Crippen LogP contribution in [0.3, 0.4) is 0 Å². The lowest BCUT2D eigenvalue weighted by Gasteiger charge is -2.30. The Labute approximate surface area is 248 Å². The van der Waals surface area contributed by atoms with Gasteiger partial charge in [-0.1, -0.05) is 69.0 Å². The van der Waals surface area contributed by atoms with Gasteiger partial charge in [0.2, 0.25) is 17.7 Å². The van der Waals surface area contributed by atoms with Crippen molar-refractivity contribution in [2.45, 2.75) is 76.6 Å². The minimum atomic E-state index is -5.12. The molecule has 0 aliphatic heterocycles. The van der Waals surface area contributed by atoms with Gasteiger partial charge < -0.3 is 20.7 Å². The lowest BCUT2D eigenvalue weighted by molar-refractivity contribution is -0.170. The van der Waals surface area contributed by atoms with Gasteiger partial charge in [-0.15, -0.1) is 0 Å². The largest absolute Gasteiger partial charge is 0.497 e. The van der Waals surface area contributed by atoms with E-state index in [9.17, 15) is 32.3 Å². The number of rotatable bonds is 10. The van der Waals surface area contributed by atoms with E-state index >= 15 is 0 Å². The Morgan fingerprint density at radius 1 is 0.929 bits per heavy atom. The van der Waals surface area contributed by atoms with Gasteiger partial charge in [-0.25, -0.2) is 0 Å².